The number of carboxylic acids is 1. The van der Waals surface area contributed by atoms with Crippen LogP contribution in [-0.2, 0) is 4.79 Å². The van der Waals surface area contributed by atoms with Crippen molar-refractivity contribution < 1.29 is 19.5 Å². The van der Waals surface area contributed by atoms with Crippen LogP contribution in [0, 0.1) is 5.92 Å². The molecule has 0 saturated carbocycles. The predicted octanol–water partition coefficient (Wildman–Crippen LogP) is 1.44. The summed E-state index contributed by atoms with van der Waals surface area (Å²) < 4.78 is 0. The van der Waals surface area contributed by atoms with Crippen molar-refractivity contribution in [1.82, 2.24) is 10.2 Å². The Morgan fingerprint density at radius 1 is 1.33 bits per heavy atom. The maximum Gasteiger partial charge on any atom is 0.338 e. The molecular weight excluding hydrogens is 294 g/mol. The molecule has 0 unspecified atom stereocenters. The van der Waals surface area contributed by atoms with Crippen LogP contribution >= 0.6 is 11.3 Å². The molecule has 0 aromatic carbocycles. The normalized spacial score (nSPS) is 15.6. The van der Waals surface area contributed by atoms with Crippen molar-refractivity contribution in [3.05, 3.63) is 17.0 Å². The third kappa shape index (κ3) is 3.52. The van der Waals surface area contributed by atoms with Crippen LogP contribution in [0.5, 0.6) is 0 Å². The standard InChI is InChI=1S/C13H17N3O4S/c1-14-10(17)8-2-5-16(6-3-8)13(20)15-11-9(12(18)19)4-7-21-11/h4,7-8H,2-3,5-6H2,1H3,(H,14,17)(H,15,20)(H,18,19). The first-order chi connectivity index (χ1) is 10.0. The predicted molar refractivity (Wildman–Crippen MR) is 78.7 cm³/mol. The molecule has 1 aromatic rings. The fourth-order valence-electron chi connectivity index (χ4n) is 2.30. The van der Waals surface area contributed by atoms with Crippen LogP contribution in [0.2, 0.25) is 0 Å². The van der Waals surface area contributed by atoms with E-state index in [-0.39, 0.29) is 23.4 Å². The average molecular weight is 311 g/mol. The highest BCUT2D eigenvalue weighted by Gasteiger charge is 2.27. The Labute approximate surface area is 125 Å². The maximum atomic E-state index is 12.1. The van der Waals surface area contributed by atoms with Crippen LogP contribution in [-0.4, -0.2) is 48.1 Å². The van der Waals surface area contributed by atoms with Gasteiger partial charge in [0.25, 0.3) is 0 Å². The number of amides is 3. The van der Waals surface area contributed by atoms with E-state index >= 15 is 0 Å². The zero-order valence-corrected chi connectivity index (χ0v) is 12.4. The number of piperidine rings is 1. The number of carboxylic acid groups (broad SMARTS) is 1. The topological polar surface area (TPSA) is 98.7 Å². The third-order valence-electron chi connectivity index (χ3n) is 3.52. The number of aromatic carboxylic acids is 1. The monoisotopic (exact) mass is 311 g/mol. The van der Waals surface area contributed by atoms with Gasteiger partial charge >= 0.3 is 12.0 Å². The highest BCUT2D eigenvalue weighted by Crippen LogP contribution is 2.24. The molecule has 0 radical (unpaired) electrons. The molecule has 3 amide bonds. The molecule has 3 N–H and O–H groups in total. The van der Waals surface area contributed by atoms with Crippen molar-refractivity contribution in [2.24, 2.45) is 5.92 Å². The number of urea groups is 1. The third-order valence-corrected chi connectivity index (χ3v) is 4.35. The number of hydrogen-bond donors (Lipinski definition) is 3. The first-order valence-electron chi connectivity index (χ1n) is 6.61. The summed E-state index contributed by atoms with van der Waals surface area (Å²) in [5, 5.41) is 16.2. The molecule has 1 aliphatic rings. The number of nitrogens with zero attached hydrogens (tertiary/aromatic N) is 1. The van der Waals surface area contributed by atoms with E-state index in [4.69, 9.17) is 5.11 Å². The quantitative estimate of drug-likeness (QED) is 0.786. The minimum absolute atomic E-state index is 0.00137. The lowest BCUT2D eigenvalue weighted by molar-refractivity contribution is -0.125. The van der Waals surface area contributed by atoms with Gasteiger partial charge in [-0.1, -0.05) is 0 Å². The highest BCUT2D eigenvalue weighted by atomic mass is 32.1. The van der Waals surface area contributed by atoms with Crippen molar-refractivity contribution in [2.45, 2.75) is 12.8 Å². The van der Waals surface area contributed by atoms with Crippen LogP contribution in [0.25, 0.3) is 0 Å². The first-order valence-corrected chi connectivity index (χ1v) is 7.49. The number of hydrogen-bond acceptors (Lipinski definition) is 4. The lowest BCUT2D eigenvalue weighted by Gasteiger charge is -2.31. The summed E-state index contributed by atoms with van der Waals surface area (Å²) in [6, 6.07) is 1.13. The van der Waals surface area contributed by atoms with Gasteiger partial charge in [0.15, 0.2) is 0 Å². The average Bonchev–Trinajstić information content (AvgIpc) is 2.95. The lowest BCUT2D eigenvalue weighted by atomic mass is 9.96. The van der Waals surface area contributed by atoms with E-state index in [9.17, 15) is 14.4 Å². The molecule has 21 heavy (non-hydrogen) atoms. The Morgan fingerprint density at radius 3 is 2.57 bits per heavy atom. The summed E-state index contributed by atoms with van der Waals surface area (Å²) in [6.07, 6.45) is 1.23. The van der Waals surface area contributed by atoms with Crippen LogP contribution in [0.15, 0.2) is 11.4 Å². The summed E-state index contributed by atoms with van der Waals surface area (Å²) >= 11 is 1.18. The number of thiophene rings is 1. The van der Waals surface area contributed by atoms with Crippen molar-refractivity contribution in [3.63, 3.8) is 0 Å². The van der Waals surface area contributed by atoms with E-state index in [2.05, 4.69) is 10.6 Å². The van der Waals surface area contributed by atoms with Gasteiger partial charge in [-0.05, 0) is 24.3 Å². The molecule has 8 heteroatoms. The van der Waals surface area contributed by atoms with E-state index in [1.165, 1.54) is 17.4 Å². The van der Waals surface area contributed by atoms with Crippen molar-refractivity contribution in [2.75, 3.05) is 25.5 Å². The second-order valence-corrected chi connectivity index (χ2v) is 5.69. The Hall–Kier alpha value is -2.09. The number of anilines is 1. The summed E-state index contributed by atoms with van der Waals surface area (Å²) in [6.45, 7) is 0.968. The minimum atomic E-state index is -1.06. The Bertz CT molecular complexity index is 549. The molecule has 114 valence electrons. The smallest absolute Gasteiger partial charge is 0.338 e. The summed E-state index contributed by atoms with van der Waals surface area (Å²) in [7, 11) is 1.60. The van der Waals surface area contributed by atoms with Gasteiger partial charge in [0.05, 0.1) is 5.56 Å². The first kappa shape index (κ1) is 15.3. The molecule has 0 spiro atoms. The van der Waals surface area contributed by atoms with E-state index in [1.54, 1.807) is 17.3 Å². The van der Waals surface area contributed by atoms with Gasteiger partial charge in [0.2, 0.25) is 5.91 Å². The largest absolute Gasteiger partial charge is 0.478 e. The fourth-order valence-corrected chi connectivity index (χ4v) is 3.07. The van der Waals surface area contributed by atoms with Gasteiger partial charge in [0.1, 0.15) is 5.00 Å². The van der Waals surface area contributed by atoms with Gasteiger partial charge in [-0.2, -0.15) is 0 Å². The molecule has 1 aliphatic heterocycles. The second kappa shape index (κ2) is 6.57. The summed E-state index contributed by atoms with van der Waals surface area (Å²) in [5.41, 5.74) is 0.0913. The van der Waals surface area contributed by atoms with E-state index in [0.717, 1.165) is 0 Å². The van der Waals surface area contributed by atoms with Crippen LogP contribution in [0.1, 0.15) is 23.2 Å². The van der Waals surface area contributed by atoms with Crippen LogP contribution in [0.3, 0.4) is 0 Å². The van der Waals surface area contributed by atoms with Crippen LogP contribution in [0.4, 0.5) is 9.80 Å². The molecule has 2 rings (SSSR count). The molecule has 0 aliphatic carbocycles. The van der Waals surface area contributed by atoms with E-state index < -0.39 is 5.97 Å². The summed E-state index contributed by atoms with van der Waals surface area (Å²) in [5.74, 6) is -1.12. The number of rotatable bonds is 3. The molecule has 1 saturated heterocycles. The molecule has 2 heterocycles. The maximum absolute atomic E-state index is 12.1. The molecule has 7 nitrogen and oxygen atoms in total. The van der Waals surface area contributed by atoms with Crippen molar-refractivity contribution in [3.8, 4) is 0 Å². The SMILES string of the molecule is CNC(=O)C1CCN(C(=O)Nc2sccc2C(=O)O)CC1. The fraction of sp³-hybridized carbons (Fsp3) is 0.462. The Balaban J connectivity index is 1.92. The van der Waals surface area contributed by atoms with Gasteiger partial charge in [0, 0.05) is 26.1 Å². The Kier molecular flexibility index (Phi) is 4.79. The number of carbonyl (C=O) groups is 3. The van der Waals surface area contributed by atoms with Gasteiger partial charge in [-0.3, -0.25) is 10.1 Å². The molecule has 0 atom stereocenters. The second-order valence-electron chi connectivity index (χ2n) is 4.77. The van der Waals surface area contributed by atoms with E-state index in [1.807, 2.05) is 0 Å². The minimum Gasteiger partial charge on any atom is -0.478 e. The van der Waals surface area contributed by atoms with Gasteiger partial charge in [-0.15, -0.1) is 11.3 Å². The zero-order valence-electron chi connectivity index (χ0n) is 11.6. The Morgan fingerprint density at radius 2 is 2.00 bits per heavy atom. The molecule has 0 bridgehead atoms. The van der Waals surface area contributed by atoms with Gasteiger partial charge < -0.3 is 15.3 Å². The van der Waals surface area contributed by atoms with Gasteiger partial charge in [-0.25, -0.2) is 9.59 Å². The summed E-state index contributed by atoms with van der Waals surface area (Å²) in [4.78, 5) is 36.2. The van der Waals surface area contributed by atoms with E-state index in [0.29, 0.717) is 30.9 Å². The number of nitrogens with one attached hydrogen (secondary N) is 2. The molecule has 1 aromatic heterocycles. The van der Waals surface area contributed by atoms with Crippen molar-refractivity contribution >= 4 is 34.2 Å². The molecule has 1 fully saturated rings. The van der Waals surface area contributed by atoms with Crippen LogP contribution < -0.4 is 10.6 Å². The number of carbonyl (C=O) groups excluding carboxylic acids is 2. The number of likely N-dealkylation sites (tertiary alicyclic amines) is 1. The van der Waals surface area contributed by atoms with Crippen molar-refractivity contribution in [1.29, 1.82) is 0 Å². The zero-order chi connectivity index (χ0) is 15.4. The lowest BCUT2D eigenvalue weighted by Crippen LogP contribution is -2.44. The highest BCUT2D eigenvalue weighted by molar-refractivity contribution is 7.14. The molecular formula is C13H17N3O4S.